The van der Waals surface area contributed by atoms with Crippen molar-refractivity contribution in [3.63, 3.8) is 0 Å². The fourth-order valence-corrected chi connectivity index (χ4v) is 4.40. The molecule has 6 nitrogen and oxygen atoms in total. The molecule has 172 valence electrons. The van der Waals surface area contributed by atoms with Crippen LogP contribution in [-0.2, 0) is 0 Å². The highest BCUT2D eigenvalue weighted by Gasteiger charge is 2.21. The number of hydrogen-bond acceptors (Lipinski definition) is 7. The fraction of sp³-hybridized carbons (Fsp3) is 0.435. The number of unbranched alkanes of at least 4 members (excludes halogenated alkanes) is 1. The van der Waals surface area contributed by atoms with E-state index in [4.69, 9.17) is 37.7 Å². The zero-order valence-electron chi connectivity index (χ0n) is 19.0. The van der Waals surface area contributed by atoms with Gasteiger partial charge in [-0.3, -0.25) is 0 Å². The Labute approximate surface area is 203 Å². The molecule has 9 heteroatoms. The summed E-state index contributed by atoms with van der Waals surface area (Å²) in [6, 6.07) is 3.55. The minimum absolute atomic E-state index is 0.370. The number of aromatic nitrogens is 3. The molecule has 2 heterocycles. The molecule has 3 rings (SSSR count). The molecule has 1 aromatic carbocycles. The number of halogens is 2. The van der Waals surface area contributed by atoms with E-state index < -0.39 is 0 Å². The van der Waals surface area contributed by atoms with Crippen molar-refractivity contribution in [3.8, 4) is 22.8 Å². The van der Waals surface area contributed by atoms with Gasteiger partial charge >= 0.3 is 0 Å². The number of methoxy groups -OCH3 is 2. The van der Waals surface area contributed by atoms with E-state index in [1.165, 1.54) is 18.2 Å². The lowest BCUT2D eigenvalue weighted by atomic mass is 10.1. The van der Waals surface area contributed by atoms with Gasteiger partial charge in [-0.1, -0.05) is 61.7 Å². The number of ether oxygens (including phenoxy) is 2. The Bertz CT molecular complexity index is 1070. The number of anilines is 1. The second kappa shape index (κ2) is 11.3. The van der Waals surface area contributed by atoms with E-state index in [9.17, 15) is 0 Å². The van der Waals surface area contributed by atoms with Gasteiger partial charge in [0.25, 0.3) is 0 Å². The summed E-state index contributed by atoms with van der Waals surface area (Å²) in [7, 11) is 3.10. The van der Waals surface area contributed by atoms with Crippen molar-refractivity contribution in [1.29, 1.82) is 0 Å². The number of thioether (sulfide) groups is 1. The second-order valence-electron chi connectivity index (χ2n) is 7.75. The maximum atomic E-state index is 6.64. The minimum Gasteiger partial charge on any atom is -0.495 e. The summed E-state index contributed by atoms with van der Waals surface area (Å²) < 4.78 is 10.8. The maximum absolute atomic E-state index is 6.64. The molecule has 0 aliphatic rings. The van der Waals surface area contributed by atoms with Crippen LogP contribution in [0.3, 0.4) is 0 Å². The van der Waals surface area contributed by atoms with Crippen LogP contribution in [0, 0.1) is 5.92 Å². The summed E-state index contributed by atoms with van der Waals surface area (Å²) in [6.07, 6.45) is 7.13. The zero-order chi connectivity index (χ0) is 23.3. The molecule has 2 aromatic heterocycles. The van der Waals surface area contributed by atoms with Crippen molar-refractivity contribution < 1.29 is 9.47 Å². The van der Waals surface area contributed by atoms with Gasteiger partial charge in [0.05, 0.1) is 30.0 Å². The predicted molar refractivity (Wildman–Crippen MR) is 135 cm³/mol. The first kappa shape index (κ1) is 24.7. The highest BCUT2D eigenvalue weighted by atomic mass is 35.5. The standard InChI is InChI=1S/C23H28Cl2N4O2S/c1-13(2)8-6-7-9-26-22-21-14(12-27-23(29-21)32-5)10-15(28-22)18-19(24)16(30-3)11-17(31-4)20(18)25/h10-13H,6-9H2,1-5H3,(H,26,28). The molecule has 0 amide bonds. The number of nitrogens with one attached hydrogen (secondary N) is 1. The lowest BCUT2D eigenvalue weighted by Crippen LogP contribution is -2.07. The number of nitrogens with zero attached hydrogens (tertiary/aromatic N) is 3. The van der Waals surface area contributed by atoms with Crippen LogP contribution in [0.1, 0.15) is 33.1 Å². The van der Waals surface area contributed by atoms with Crippen molar-refractivity contribution >= 4 is 51.7 Å². The van der Waals surface area contributed by atoms with Crippen molar-refractivity contribution in [3.05, 3.63) is 28.4 Å². The van der Waals surface area contributed by atoms with E-state index in [-0.39, 0.29) is 0 Å². The Hall–Kier alpha value is -1.96. The van der Waals surface area contributed by atoms with Gasteiger partial charge in [0.1, 0.15) is 17.0 Å². The van der Waals surface area contributed by atoms with Gasteiger partial charge in [-0.2, -0.15) is 0 Å². The SMILES string of the molecule is COc1cc(OC)c(Cl)c(-c2cc3cnc(SC)nc3c(NCCCCC(C)C)n2)c1Cl. The molecule has 32 heavy (non-hydrogen) atoms. The molecule has 1 N–H and O–H groups in total. The summed E-state index contributed by atoms with van der Waals surface area (Å²) in [4.78, 5) is 14.0. The van der Waals surface area contributed by atoms with Crippen LogP contribution in [0.5, 0.6) is 11.5 Å². The first-order chi connectivity index (χ1) is 15.4. The Morgan fingerprint density at radius 2 is 1.72 bits per heavy atom. The van der Waals surface area contributed by atoms with Crippen LogP contribution in [-0.4, -0.2) is 42.0 Å². The quantitative estimate of drug-likeness (QED) is 0.185. The van der Waals surface area contributed by atoms with E-state index in [1.54, 1.807) is 26.5 Å². The Morgan fingerprint density at radius 3 is 2.31 bits per heavy atom. The van der Waals surface area contributed by atoms with Crippen molar-refractivity contribution in [2.75, 3.05) is 32.3 Å². The summed E-state index contributed by atoms with van der Waals surface area (Å²) >= 11 is 14.8. The minimum atomic E-state index is 0.370. The van der Waals surface area contributed by atoms with Crippen LogP contribution in [0.2, 0.25) is 10.0 Å². The fourth-order valence-electron chi connectivity index (χ4n) is 3.37. The van der Waals surface area contributed by atoms with Crippen LogP contribution in [0.4, 0.5) is 5.82 Å². The molecule has 0 saturated heterocycles. The smallest absolute Gasteiger partial charge is 0.187 e. The lowest BCUT2D eigenvalue weighted by Gasteiger charge is -2.16. The van der Waals surface area contributed by atoms with Gasteiger partial charge in [-0.05, 0) is 24.7 Å². The van der Waals surface area contributed by atoms with Crippen molar-refractivity contribution in [2.45, 2.75) is 38.3 Å². The molecule has 0 unspecified atom stereocenters. The molecular weight excluding hydrogens is 467 g/mol. The molecule has 0 radical (unpaired) electrons. The number of rotatable bonds is 10. The van der Waals surface area contributed by atoms with E-state index >= 15 is 0 Å². The number of hydrogen-bond donors (Lipinski definition) is 1. The topological polar surface area (TPSA) is 69.2 Å². The summed E-state index contributed by atoms with van der Waals surface area (Å²) in [5, 5.41) is 5.73. The Balaban J connectivity index is 2.09. The zero-order valence-corrected chi connectivity index (χ0v) is 21.3. The van der Waals surface area contributed by atoms with E-state index in [1.807, 2.05) is 12.3 Å². The van der Waals surface area contributed by atoms with Crippen LogP contribution in [0.25, 0.3) is 22.2 Å². The molecule has 0 atom stereocenters. The third-order valence-corrected chi connectivity index (χ3v) is 6.37. The molecule has 0 bridgehead atoms. The molecule has 0 saturated carbocycles. The van der Waals surface area contributed by atoms with E-state index in [0.717, 1.165) is 30.3 Å². The molecule has 0 fully saturated rings. The van der Waals surface area contributed by atoms with Crippen LogP contribution >= 0.6 is 35.0 Å². The van der Waals surface area contributed by atoms with Crippen LogP contribution < -0.4 is 14.8 Å². The highest BCUT2D eigenvalue weighted by Crippen LogP contribution is 2.46. The van der Waals surface area contributed by atoms with Gasteiger partial charge in [-0.15, -0.1) is 0 Å². The van der Waals surface area contributed by atoms with Crippen LogP contribution in [0.15, 0.2) is 23.5 Å². The highest BCUT2D eigenvalue weighted by molar-refractivity contribution is 7.98. The van der Waals surface area contributed by atoms with Gasteiger partial charge < -0.3 is 14.8 Å². The Morgan fingerprint density at radius 1 is 1.03 bits per heavy atom. The summed E-state index contributed by atoms with van der Waals surface area (Å²) in [6.45, 7) is 5.27. The van der Waals surface area contributed by atoms with Crippen molar-refractivity contribution in [1.82, 2.24) is 15.0 Å². The van der Waals surface area contributed by atoms with Gasteiger partial charge in [-0.25, -0.2) is 15.0 Å². The van der Waals surface area contributed by atoms with E-state index in [0.29, 0.717) is 49.7 Å². The molecule has 3 aromatic rings. The third-order valence-electron chi connectivity index (χ3n) is 5.06. The van der Waals surface area contributed by atoms with E-state index in [2.05, 4.69) is 29.1 Å². The molecule has 0 aliphatic carbocycles. The van der Waals surface area contributed by atoms with Gasteiger partial charge in [0.15, 0.2) is 11.0 Å². The van der Waals surface area contributed by atoms with Crippen molar-refractivity contribution in [2.24, 2.45) is 5.92 Å². The predicted octanol–water partition coefficient (Wildman–Crippen LogP) is 6.98. The molecule has 0 aliphatic heterocycles. The lowest BCUT2D eigenvalue weighted by molar-refractivity contribution is 0.395. The summed E-state index contributed by atoms with van der Waals surface area (Å²) in [5.41, 5.74) is 1.90. The largest absolute Gasteiger partial charge is 0.495 e. The number of pyridine rings is 1. The van der Waals surface area contributed by atoms with Gasteiger partial charge in [0.2, 0.25) is 0 Å². The average Bonchev–Trinajstić information content (AvgIpc) is 2.78. The normalized spacial score (nSPS) is 11.2. The Kier molecular flexibility index (Phi) is 8.68. The first-order valence-electron chi connectivity index (χ1n) is 10.5. The second-order valence-corrected chi connectivity index (χ2v) is 9.28. The monoisotopic (exact) mass is 494 g/mol. The maximum Gasteiger partial charge on any atom is 0.187 e. The summed E-state index contributed by atoms with van der Waals surface area (Å²) in [5.74, 6) is 2.29. The number of benzene rings is 1. The van der Waals surface area contributed by atoms with Gasteiger partial charge in [0, 0.05) is 29.8 Å². The third kappa shape index (κ3) is 5.50. The average molecular weight is 495 g/mol. The number of fused-ring (bicyclic) bond motifs is 1. The molecular formula is C23H28Cl2N4O2S. The first-order valence-corrected chi connectivity index (χ1v) is 12.4. The molecule has 0 spiro atoms.